The largest absolute Gasteiger partial charge is 0.312 e. The van der Waals surface area contributed by atoms with E-state index < -0.39 is 0 Å². The summed E-state index contributed by atoms with van der Waals surface area (Å²) in [4.78, 5) is 0. The van der Waals surface area contributed by atoms with E-state index in [1.165, 1.54) is 77.2 Å². The summed E-state index contributed by atoms with van der Waals surface area (Å²) < 4.78 is 0. The molecule has 140 valence electrons. The van der Waals surface area contributed by atoms with Gasteiger partial charge in [0.2, 0.25) is 0 Å². The lowest BCUT2D eigenvalue weighted by Crippen LogP contribution is -2.38. The van der Waals surface area contributed by atoms with E-state index in [1.54, 1.807) is 0 Å². The molecule has 3 aliphatic rings. The number of rotatable bonds is 5. The Hall–Kier alpha value is -0.300. The Morgan fingerprint density at radius 1 is 0.958 bits per heavy atom. The fourth-order valence-electron chi connectivity index (χ4n) is 4.35. The van der Waals surface area contributed by atoms with Crippen molar-refractivity contribution < 1.29 is 0 Å². The molecule has 3 aliphatic carbocycles. The highest BCUT2D eigenvalue weighted by Gasteiger charge is 2.33. The number of hydrogen-bond donors (Lipinski definition) is 1. The van der Waals surface area contributed by atoms with Crippen molar-refractivity contribution >= 4 is 0 Å². The van der Waals surface area contributed by atoms with Crippen molar-refractivity contribution in [3.8, 4) is 0 Å². The second kappa shape index (κ2) is 10.00. The Morgan fingerprint density at radius 3 is 2.25 bits per heavy atom. The summed E-state index contributed by atoms with van der Waals surface area (Å²) in [5, 5.41) is 3.65. The quantitative estimate of drug-likeness (QED) is 0.550. The van der Waals surface area contributed by atoms with Crippen LogP contribution in [0.1, 0.15) is 98.3 Å². The van der Waals surface area contributed by atoms with E-state index in [9.17, 15) is 0 Å². The Labute approximate surface area is 152 Å². The zero-order valence-electron chi connectivity index (χ0n) is 16.9. The molecule has 3 rings (SSSR count). The molecule has 1 nitrogen and oxygen atoms in total. The highest BCUT2D eigenvalue weighted by molar-refractivity contribution is 4.98. The third-order valence-electron chi connectivity index (χ3n) is 6.39. The van der Waals surface area contributed by atoms with Crippen LogP contribution in [0.4, 0.5) is 0 Å². The van der Waals surface area contributed by atoms with Gasteiger partial charge in [-0.15, -0.1) is 0 Å². The Balaban J connectivity index is 0.000000454. The molecule has 0 spiro atoms. The Bertz CT molecular complexity index is 357. The number of hydrogen-bond acceptors (Lipinski definition) is 1. The zero-order valence-corrected chi connectivity index (χ0v) is 16.9. The van der Waals surface area contributed by atoms with Crippen LogP contribution in [0.5, 0.6) is 0 Å². The average Bonchev–Trinajstić information content (AvgIpc) is 2.48. The van der Waals surface area contributed by atoms with Gasteiger partial charge >= 0.3 is 0 Å². The summed E-state index contributed by atoms with van der Waals surface area (Å²) >= 11 is 0. The van der Waals surface area contributed by atoms with E-state index in [0.717, 1.165) is 23.7 Å². The predicted octanol–water partition coefficient (Wildman–Crippen LogP) is 6.73. The van der Waals surface area contributed by atoms with Crippen LogP contribution in [-0.4, -0.2) is 12.1 Å². The molecule has 0 radical (unpaired) electrons. The summed E-state index contributed by atoms with van der Waals surface area (Å²) in [5.41, 5.74) is 0.262. The normalized spacial score (nSPS) is 30.6. The van der Waals surface area contributed by atoms with Crippen LogP contribution in [0.15, 0.2) is 12.2 Å². The molecule has 1 heteroatoms. The van der Waals surface area contributed by atoms with Gasteiger partial charge in [-0.05, 0) is 83.1 Å². The molecule has 0 aromatic carbocycles. The van der Waals surface area contributed by atoms with Gasteiger partial charge in [-0.2, -0.15) is 0 Å². The van der Waals surface area contributed by atoms with E-state index in [0.29, 0.717) is 0 Å². The van der Waals surface area contributed by atoms with Gasteiger partial charge in [0.15, 0.2) is 0 Å². The molecule has 0 aliphatic heterocycles. The maximum Gasteiger partial charge on any atom is 0.00966 e. The summed E-state index contributed by atoms with van der Waals surface area (Å²) in [6, 6.07) is 0. The molecule has 0 aromatic rings. The van der Waals surface area contributed by atoms with Gasteiger partial charge in [-0.1, -0.05) is 57.6 Å². The SMILES string of the molecule is C1CCC1.CC(CCC1CCCC2CC=CCC21)CNC(C)(C)C. The monoisotopic (exact) mass is 333 g/mol. The van der Waals surface area contributed by atoms with Gasteiger partial charge in [-0.25, -0.2) is 0 Å². The van der Waals surface area contributed by atoms with Gasteiger partial charge in [-0.3, -0.25) is 0 Å². The molecule has 4 unspecified atom stereocenters. The molecule has 0 heterocycles. The van der Waals surface area contributed by atoms with Crippen molar-refractivity contribution in [2.75, 3.05) is 6.54 Å². The second-order valence-corrected chi connectivity index (χ2v) is 9.79. The highest BCUT2D eigenvalue weighted by Crippen LogP contribution is 2.43. The molecular weight excluding hydrogens is 290 g/mol. The first-order chi connectivity index (χ1) is 11.5. The zero-order chi connectivity index (χ0) is 17.4. The van der Waals surface area contributed by atoms with Gasteiger partial charge in [0, 0.05) is 5.54 Å². The van der Waals surface area contributed by atoms with E-state index in [1.807, 2.05) is 0 Å². The second-order valence-electron chi connectivity index (χ2n) is 9.79. The van der Waals surface area contributed by atoms with Gasteiger partial charge in [0.05, 0.1) is 0 Å². The molecule has 1 N–H and O–H groups in total. The number of fused-ring (bicyclic) bond motifs is 1. The molecule has 0 bridgehead atoms. The van der Waals surface area contributed by atoms with E-state index >= 15 is 0 Å². The molecule has 0 aromatic heterocycles. The van der Waals surface area contributed by atoms with Crippen LogP contribution in [0, 0.1) is 23.7 Å². The van der Waals surface area contributed by atoms with Crippen LogP contribution >= 0.6 is 0 Å². The third-order valence-corrected chi connectivity index (χ3v) is 6.39. The minimum absolute atomic E-state index is 0.262. The molecule has 2 saturated carbocycles. The van der Waals surface area contributed by atoms with Crippen LogP contribution in [0.3, 0.4) is 0 Å². The first-order valence-electron chi connectivity index (χ1n) is 10.9. The minimum atomic E-state index is 0.262. The molecule has 0 amide bonds. The fraction of sp³-hybridized carbons (Fsp3) is 0.913. The van der Waals surface area contributed by atoms with Crippen LogP contribution in [-0.2, 0) is 0 Å². The van der Waals surface area contributed by atoms with E-state index in [2.05, 4.69) is 45.2 Å². The van der Waals surface area contributed by atoms with Crippen molar-refractivity contribution in [1.82, 2.24) is 5.32 Å². The van der Waals surface area contributed by atoms with E-state index in [4.69, 9.17) is 0 Å². The Morgan fingerprint density at radius 2 is 1.62 bits per heavy atom. The Kier molecular flexibility index (Phi) is 8.34. The summed E-state index contributed by atoms with van der Waals surface area (Å²) in [7, 11) is 0. The lowest BCUT2D eigenvalue weighted by molar-refractivity contribution is 0.133. The average molecular weight is 334 g/mol. The van der Waals surface area contributed by atoms with Crippen LogP contribution < -0.4 is 5.32 Å². The van der Waals surface area contributed by atoms with E-state index in [-0.39, 0.29) is 5.54 Å². The number of nitrogens with one attached hydrogen (secondary N) is 1. The first-order valence-corrected chi connectivity index (χ1v) is 10.9. The highest BCUT2D eigenvalue weighted by atomic mass is 14.9. The molecule has 24 heavy (non-hydrogen) atoms. The topological polar surface area (TPSA) is 12.0 Å². The maximum absolute atomic E-state index is 3.65. The van der Waals surface area contributed by atoms with Crippen molar-refractivity contribution in [2.45, 2.75) is 104 Å². The lowest BCUT2D eigenvalue weighted by atomic mass is 9.66. The van der Waals surface area contributed by atoms with Crippen LogP contribution in [0.2, 0.25) is 0 Å². The predicted molar refractivity (Wildman–Crippen MR) is 107 cm³/mol. The maximum atomic E-state index is 3.65. The van der Waals surface area contributed by atoms with Crippen LogP contribution in [0.25, 0.3) is 0 Å². The van der Waals surface area contributed by atoms with Gasteiger partial charge in [0.1, 0.15) is 0 Å². The molecule has 2 fully saturated rings. The summed E-state index contributed by atoms with van der Waals surface area (Å²) in [6.45, 7) is 10.4. The van der Waals surface area contributed by atoms with Crippen molar-refractivity contribution in [3.63, 3.8) is 0 Å². The standard InChI is InChI=1S/C19H35N.C4H8/c1-15(14-20-19(2,3)4)12-13-17-10-7-9-16-8-5-6-11-18(16)17;1-2-4-3-1/h5-6,15-18,20H,7-14H2,1-4H3;1-4H2. The number of allylic oxidation sites excluding steroid dienone is 2. The van der Waals surface area contributed by atoms with Crippen molar-refractivity contribution in [3.05, 3.63) is 12.2 Å². The minimum Gasteiger partial charge on any atom is -0.312 e. The third kappa shape index (κ3) is 7.30. The van der Waals surface area contributed by atoms with Crippen molar-refractivity contribution in [2.24, 2.45) is 23.7 Å². The lowest BCUT2D eigenvalue weighted by Gasteiger charge is -2.40. The summed E-state index contributed by atoms with van der Waals surface area (Å²) in [5.74, 6) is 3.85. The fourth-order valence-corrected chi connectivity index (χ4v) is 4.35. The van der Waals surface area contributed by atoms with Gasteiger partial charge < -0.3 is 5.32 Å². The molecule has 4 atom stereocenters. The smallest absolute Gasteiger partial charge is 0.00966 e. The molecular formula is C23H43N. The van der Waals surface area contributed by atoms with Crippen molar-refractivity contribution in [1.29, 1.82) is 0 Å². The molecule has 0 saturated heterocycles. The summed E-state index contributed by atoms with van der Waals surface area (Å²) in [6.07, 6.45) is 20.9. The van der Waals surface area contributed by atoms with Gasteiger partial charge in [0.25, 0.3) is 0 Å². The first kappa shape index (κ1) is 20.0.